The summed E-state index contributed by atoms with van der Waals surface area (Å²) in [6, 6.07) is 15.9. The van der Waals surface area contributed by atoms with Gasteiger partial charge in [0.2, 0.25) is 10.0 Å². The van der Waals surface area contributed by atoms with Gasteiger partial charge < -0.3 is 9.84 Å². The normalized spacial score (nSPS) is 19.2. The van der Waals surface area contributed by atoms with Gasteiger partial charge in [-0.05, 0) is 60.4 Å². The van der Waals surface area contributed by atoms with E-state index in [1.165, 1.54) is 10.4 Å². The minimum Gasteiger partial charge on any atom is -0.488 e. The van der Waals surface area contributed by atoms with Crippen molar-refractivity contribution < 1.29 is 23.1 Å². The number of aliphatic carboxylic acids is 1. The van der Waals surface area contributed by atoms with Crippen LogP contribution < -0.4 is 20.3 Å². The number of rotatable bonds is 6. The number of halogens is 1. The van der Waals surface area contributed by atoms with Gasteiger partial charge in [0, 0.05) is 31.6 Å². The maximum absolute atomic E-state index is 13.6. The average molecular weight is 571 g/mol. The predicted molar refractivity (Wildman–Crippen MR) is 151 cm³/mol. The zero-order chi connectivity index (χ0) is 28.1. The molecule has 0 fully saturated rings. The summed E-state index contributed by atoms with van der Waals surface area (Å²) in [5.74, 6) is -1.07. The van der Waals surface area contributed by atoms with Crippen LogP contribution in [0.4, 0.5) is 11.4 Å². The Kier molecular flexibility index (Phi) is 7.23. The van der Waals surface area contributed by atoms with Gasteiger partial charge in [-0.15, -0.1) is 5.53 Å². The number of carboxylic acids is 1. The van der Waals surface area contributed by atoms with E-state index in [0.29, 0.717) is 16.3 Å². The third kappa shape index (κ3) is 5.05. The lowest BCUT2D eigenvalue weighted by Crippen LogP contribution is -2.39. The smallest absolute Gasteiger partial charge is 0.304 e. The number of sulfonamides is 1. The van der Waals surface area contributed by atoms with Crippen LogP contribution in [0, 0.1) is 6.92 Å². The summed E-state index contributed by atoms with van der Waals surface area (Å²) in [6.07, 6.45) is -0.503. The Morgan fingerprint density at radius 3 is 2.64 bits per heavy atom. The first-order valence-electron chi connectivity index (χ1n) is 12.6. The van der Waals surface area contributed by atoms with Crippen molar-refractivity contribution in [2.75, 3.05) is 30.7 Å². The van der Waals surface area contributed by atoms with E-state index >= 15 is 0 Å². The maximum atomic E-state index is 13.6. The molecule has 3 aromatic carbocycles. The number of hydrogen-bond donors (Lipinski definition) is 2. The summed E-state index contributed by atoms with van der Waals surface area (Å²) < 4.78 is 34.4. The molecule has 3 aromatic rings. The van der Waals surface area contributed by atoms with Crippen LogP contribution in [0.25, 0.3) is 0 Å². The Hall–Kier alpha value is -3.31. The van der Waals surface area contributed by atoms with Crippen molar-refractivity contribution in [1.29, 1.82) is 0 Å². The lowest BCUT2D eigenvalue weighted by molar-refractivity contribution is -0.137. The van der Waals surface area contributed by atoms with Crippen LogP contribution >= 0.6 is 11.6 Å². The zero-order valence-corrected chi connectivity index (χ0v) is 23.8. The molecule has 2 aliphatic rings. The van der Waals surface area contributed by atoms with Gasteiger partial charge in [-0.3, -0.25) is 14.8 Å². The molecule has 0 saturated heterocycles. The van der Waals surface area contributed by atoms with E-state index in [1.54, 1.807) is 24.3 Å². The molecule has 0 amide bonds. The van der Waals surface area contributed by atoms with Crippen LogP contribution in [0.3, 0.4) is 0 Å². The van der Waals surface area contributed by atoms with E-state index < -0.39 is 21.9 Å². The average Bonchev–Trinajstić information content (AvgIpc) is 3.12. The quantitative estimate of drug-likeness (QED) is 0.446. The SMILES string of the molecule is Cc1c(C(CC(=O)O)c2ccc(Cl)c(CN3C[C@@H](C)Oc4ccccc4S3(=O)=O)c2)ccc2c1N(C)NN2C. The first kappa shape index (κ1) is 27.3. The van der Waals surface area contributed by atoms with E-state index in [1.807, 2.05) is 62.2 Å². The third-order valence-electron chi connectivity index (χ3n) is 7.28. The molecule has 5 rings (SSSR count). The maximum Gasteiger partial charge on any atom is 0.304 e. The topological polar surface area (TPSA) is 102 Å². The number of carbonyl (C=O) groups is 1. The zero-order valence-electron chi connectivity index (χ0n) is 22.2. The first-order valence-corrected chi connectivity index (χ1v) is 14.4. The molecular formula is C28H31ClN4O5S. The van der Waals surface area contributed by atoms with Gasteiger partial charge in [0.25, 0.3) is 0 Å². The fraction of sp³-hybridized carbons (Fsp3) is 0.321. The number of hydrogen-bond acceptors (Lipinski definition) is 7. The molecule has 0 radical (unpaired) electrons. The standard InChI is InChI=1S/C28H31ClN4O5S/c1-17-15-33(39(36,37)26-8-6-5-7-25(26)38-17)16-20-13-19(9-11-23(20)29)22(14-27(34)35)21-10-12-24-28(18(21)2)32(4)30-31(24)3/h5-13,17,22,30H,14-16H2,1-4H3,(H,34,35)/t17-,22?/m1/s1. The Balaban J connectivity index is 1.55. The summed E-state index contributed by atoms with van der Waals surface area (Å²) >= 11 is 6.60. The molecular weight excluding hydrogens is 540 g/mol. The van der Waals surface area contributed by atoms with Crippen molar-refractivity contribution in [2.45, 2.75) is 43.7 Å². The molecule has 2 aliphatic heterocycles. The van der Waals surface area contributed by atoms with Crippen LogP contribution in [-0.2, 0) is 21.4 Å². The fourth-order valence-corrected chi connectivity index (χ4v) is 7.29. The second-order valence-electron chi connectivity index (χ2n) is 10.0. The molecule has 206 valence electrons. The van der Waals surface area contributed by atoms with Crippen LogP contribution in [0.5, 0.6) is 5.75 Å². The van der Waals surface area contributed by atoms with Gasteiger partial charge >= 0.3 is 5.97 Å². The van der Waals surface area contributed by atoms with Crippen molar-refractivity contribution >= 4 is 39.0 Å². The molecule has 0 aromatic heterocycles. The Bertz CT molecular complexity index is 1550. The number of fused-ring (bicyclic) bond motifs is 2. The highest BCUT2D eigenvalue weighted by atomic mass is 35.5. The Morgan fingerprint density at radius 2 is 1.90 bits per heavy atom. The number of anilines is 2. The van der Waals surface area contributed by atoms with Crippen molar-refractivity contribution in [1.82, 2.24) is 9.84 Å². The summed E-state index contributed by atoms with van der Waals surface area (Å²) in [5.41, 5.74) is 8.37. The highest BCUT2D eigenvalue weighted by Gasteiger charge is 2.34. The van der Waals surface area contributed by atoms with Gasteiger partial charge in [-0.2, -0.15) is 4.31 Å². The number of nitrogens with zero attached hydrogens (tertiary/aromatic N) is 3. The van der Waals surface area contributed by atoms with E-state index in [4.69, 9.17) is 16.3 Å². The third-order valence-corrected chi connectivity index (χ3v) is 9.50. The summed E-state index contributed by atoms with van der Waals surface area (Å²) in [4.78, 5) is 12.1. The highest BCUT2D eigenvalue weighted by molar-refractivity contribution is 7.89. The number of hydrazine groups is 2. The molecule has 1 unspecified atom stereocenters. The van der Waals surface area contributed by atoms with Crippen LogP contribution in [0.2, 0.25) is 5.02 Å². The molecule has 2 atom stereocenters. The summed E-state index contributed by atoms with van der Waals surface area (Å²) in [5, 5.41) is 14.1. The number of nitrogens with one attached hydrogen (secondary N) is 1. The van der Waals surface area contributed by atoms with Crippen molar-refractivity contribution in [3.8, 4) is 5.75 Å². The molecule has 0 bridgehead atoms. The molecule has 2 heterocycles. The van der Waals surface area contributed by atoms with E-state index in [2.05, 4.69) is 5.53 Å². The number of benzene rings is 3. The van der Waals surface area contributed by atoms with Gasteiger partial charge in [-0.25, -0.2) is 8.42 Å². The van der Waals surface area contributed by atoms with Crippen LogP contribution in [-0.4, -0.2) is 50.5 Å². The molecule has 0 spiro atoms. The number of ether oxygens (including phenoxy) is 1. The fourth-order valence-electron chi connectivity index (χ4n) is 5.49. The van der Waals surface area contributed by atoms with Gasteiger partial charge in [0.05, 0.1) is 24.3 Å². The summed E-state index contributed by atoms with van der Waals surface area (Å²) in [7, 11) is -0.0255. The lowest BCUT2D eigenvalue weighted by Gasteiger charge is -2.24. The molecule has 0 saturated carbocycles. The minimum absolute atomic E-state index is 0.0253. The molecule has 11 heteroatoms. The van der Waals surface area contributed by atoms with E-state index in [9.17, 15) is 18.3 Å². The van der Waals surface area contributed by atoms with E-state index in [0.717, 1.165) is 28.1 Å². The van der Waals surface area contributed by atoms with Crippen LogP contribution in [0.15, 0.2) is 59.5 Å². The largest absolute Gasteiger partial charge is 0.488 e. The van der Waals surface area contributed by atoms with Gasteiger partial charge in [0.15, 0.2) is 0 Å². The second kappa shape index (κ2) is 10.3. The van der Waals surface area contributed by atoms with Crippen molar-refractivity contribution in [2.24, 2.45) is 0 Å². The van der Waals surface area contributed by atoms with Crippen LogP contribution in [0.1, 0.15) is 41.5 Å². The van der Waals surface area contributed by atoms with Gasteiger partial charge in [-0.1, -0.05) is 41.9 Å². The summed E-state index contributed by atoms with van der Waals surface area (Å²) in [6.45, 7) is 3.98. The second-order valence-corrected chi connectivity index (χ2v) is 12.4. The highest BCUT2D eigenvalue weighted by Crippen LogP contribution is 2.42. The molecule has 2 N–H and O–H groups in total. The Morgan fingerprint density at radius 1 is 1.15 bits per heavy atom. The van der Waals surface area contributed by atoms with Crippen molar-refractivity contribution in [3.05, 3.63) is 81.9 Å². The number of para-hydroxylation sites is 1. The van der Waals surface area contributed by atoms with E-state index in [-0.39, 0.29) is 30.5 Å². The monoisotopic (exact) mass is 570 g/mol. The predicted octanol–water partition coefficient (Wildman–Crippen LogP) is 4.53. The minimum atomic E-state index is -3.86. The molecule has 9 nitrogen and oxygen atoms in total. The molecule has 39 heavy (non-hydrogen) atoms. The Labute approximate surface area is 233 Å². The molecule has 0 aliphatic carbocycles. The number of carboxylic acid groups (broad SMARTS) is 1. The lowest BCUT2D eigenvalue weighted by atomic mass is 9.84. The first-order chi connectivity index (χ1) is 18.5. The van der Waals surface area contributed by atoms with Gasteiger partial charge in [0.1, 0.15) is 16.7 Å². The van der Waals surface area contributed by atoms with Crippen molar-refractivity contribution in [3.63, 3.8) is 0 Å².